The second-order valence-corrected chi connectivity index (χ2v) is 13.2. The van der Waals surface area contributed by atoms with Crippen molar-refractivity contribution in [2.75, 3.05) is 54.7 Å². The van der Waals surface area contributed by atoms with E-state index in [0.717, 1.165) is 85.3 Å². The number of rotatable bonds is 8. The van der Waals surface area contributed by atoms with Crippen molar-refractivity contribution >= 4 is 54.1 Å². The first-order valence-corrected chi connectivity index (χ1v) is 17.6. The van der Waals surface area contributed by atoms with Gasteiger partial charge in [-0.1, -0.05) is 26.0 Å². The molecule has 3 aliphatic rings. The highest BCUT2D eigenvalue weighted by Gasteiger charge is 2.23. The third-order valence-electron chi connectivity index (χ3n) is 6.46. The number of fused-ring (bicyclic) bond motifs is 2. The number of nitrogens with one attached hydrogen (secondary N) is 4. The number of nitrogens with zero attached hydrogens (tertiary/aromatic N) is 2. The maximum Gasteiger partial charge on any atom is 0.229 e. The molecule has 0 aliphatic carbocycles. The number of hydrogen-bond donors (Lipinski definition) is 4. The number of sulfonamides is 2. The number of benzene rings is 2. The fourth-order valence-electron chi connectivity index (χ4n) is 4.85. The summed E-state index contributed by atoms with van der Waals surface area (Å²) in [5, 5.41) is 7.37. The van der Waals surface area contributed by atoms with Crippen LogP contribution in [0.4, 0.5) is 11.4 Å². The Morgan fingerprint density at radius 2 is 1.38 bits per heavy atom. The molecule has 6 rings (SSSR count). The highest BCUT2D eigenvalue weighted by molar-refractivity contribution is 7.92. The van der Waals surface area contributed by atoms with Crippen molar-refractivity contribution in [2.24, 2.45) is 9.98 Å². The topological polar surface area (TPSA) is 163 Å². The van der Waals surface area contributed by atoms with Crippen molar-refractivity contribution in [3.05, 3.63) is 53.3 Å². The van der Waals surface area contributed by atoms with Crippen LogP contribution in [0.25, 0.3) is 11.0 Å². The van der Waals surface area contributed by atoms with Gasteiger partial charge in [0.1, 0.15) is 17.4 Å². The number of aliphatic imine (C=N–C) groups is 2. The van der Waals surface area contributed by atoms with Crippen LogP contribution in [0.15, 0.2) is 51.0 Å². The number of ether oxygens (including phenoxy) is 1. The quantitative estimate of drug-likeness (QED) is 0.299. The minimum Gasteiger partial charge on any atom is -0.491 e. The van der Waals surface area contributed by atoms with Gasteiger partial charge in [0.05, 0.1) is 49.8 Å². The lowest BCUT2D eigenvalue weighted by atomic mass is 10.0. The molecule has 0 spiro atoms. The molecule has 0 fully saturated rings. The number of furan rings is 1. The van der Waals surface area contributed by atoms with Gasteiger partial charge in [0.2, 0.25) is 20.0 Å². The van der Waals surface area contributed by atoms with Crippen LogP contribution in [0, 0.1) is 0 Å². The van der Waals surface area contributed by atoms with E-state index >= 15 is 0 Å². The van der Waals surface area contributed by atoms with Crippen molar-refractivity contribution in [1.29, 1.82) is 0 Å². The third kappa shape index (κ3) is 8.16. The van der Waals surface area contributed by atoms with Gasteiger partial charge in [-0.2, -0.15) is 0 Å². The molecule has 3 aromatic rings. The van der Waals surface area contributed by atoms with Crippen LogP contribution in [0.3, 0.4) is 0 Å². The average Bonchev–Trinajstić information content (AvgIpc) is 3.74. The summed E-state index contributed by atoms with van der Waals surface area (Å²) in [6.45, 7) is 7.98. The van der Waals surface area contributed by atoms with Gasteiger partial charge in [-0.15, -0.1) is 0 Å². The van der Waals surface area contributed by atoms with Crippen molar-refractivity contribution in [1.82, 2.24) is 10.6 Å². The SMILES string of the molecule is CC.CS(=O)(=O)Nc1ccc(CC2=NCCN2)c2c1OCC2.CS(=O)(=O)Nc1ccc(CC2=NCCN2)c2ccoc12. The summed E-state index contributed by atoms with van der Waals surface area (Å²) in [6, 6.07) is 9.17. The van der Waals surface area contributed by atoms with Crippen LogP contribution in [0.1, 0.15) is 30.5 Å². The molecule has 0 atom stereocenters. The molecule has 0 unspecified atom stereocenters. The molecule has 0 saturated heterocycles. The molecular formula is C28H38N6O6S2. The van der Waals surface area contributed by atoms with Crippen molar-refractivity contribution in [3.63, 3.8) is 0 Å². The van der Waals surface area contributed by atoms with E-state index in [-0.39, 0.29) is 0 Å². The van der Waals surface area contributed by atoms with E-state index in [1.165, 1.54) is 0 Å². The van der Waals surface area contributed by atoms with Gasteiger partial charge < -0.3 is 19.8 Å². The lowest BCUT2D eigenvalue weighted by Crippen LogP contribution is -2.21. The Kier molecular flexibility index (Phi) is 9.99. The molecule has 1 aromatic heterocycles. The van der Waals surface area contributed by atoms with E-state index in [4.69, 9.17) is 9.15 Å². The lowest BCUT2D eigenvalue weighted by molar-refractivity contribution is 0.358. The Bertz CT molecular complexity index is 1700. The first kappa shape index (κ1) is 31.2. The maximum atomic E-state index is 11.4. The zero-order chi connectivity index (χ0) is 30.3. The van der Waals surface area contributed by atoms with Crippen LogP contribution < -0.4 is 24.8 Å². The zero-order valence-corrected chi connectivity index (χ0v) is 25.9. The third-order valence-corrected chi connectivity index (χ3v) is 7.64. The van der Waals surface area contributed by atoms with Gasteiger partial charge >= 0.3 is 0 Å². The van der Waals surface area contributed by atoms with E-state index in [9.17, 15) is 16.8 Å². The van der Waals surface area contributed by atoms with Crippen molar-refractivity contribution < 1.29 is 26.0 Å². The fraction of sp³-hybridized carbons (Fsp3) is 0.429. The van der Waals surface area contributed by atoms with E-state index in [1.807, 2.05) is 32.0 Å². The molecule has 0 saturated carbocycles. The summed E-state index contributed by atoms with van der Waals surface area (Å²) < 4.78 is 61.4. The van der Waals surface area contributed by atoms with Gasteiger partial charge in [0, 0.05) is 43.3 Å². The van der Waals surface area contributed by atoms with Gasteiger partial charge in [0.25, 0.3) is 0 Å². The Balaban J connectivity index is 0.000000182. The summed E-state index contributed by atoms with van der Waals surface area (Å²) in [5.41, 5.74) is 4.80. The van der Waals surface area contributed by atoms with Crippen LogP contribution in [0.5, 0.6) is 5.75 Å². The molecule has 4 N–H and O–H groups in total. The minimum absolute atomic E-state index is 0.456. The van der Waals surface area contributed by atoms with Gasteiger partial charge in [-0.05, 0) is 29.3 Å². The molecule has 42 heavy (non-hydrogen) atoms. The Hall–Kier alpha value is -3.78. The zero-order valence-electron chi connectivity index (χ0n) is 24.3. The Morgan fingerprint density at radius 1 is 0.810 bits per heavy atom. The summed E-state index contributed by atoms with van der Waals surface area (Å²) in [6.07, 6.45) is 6.05. The maximum absolute atomic E-state index is 11.4. The number of amidine groups is 2. The molecule has 3 aliphatic heterocycles. The summed E-state index contributed by atoms with van der Waals surface area (Å²) in [5.74, 6) is 2.60. The summed E-state index contributed by atoms with van der Waals surface area (Å²) in [4.78, 5) is 8.76. The highest BCUT2D eigenvalue weighted by atomic mass is 32.2. The number of hydrogen-bond acceptors (Lipinski definition) is 10. The largest absolute Gasteiger partial charge is 0.491 e. The molecular weight excluding hydrogens is 580 g/mol. The first-order valence-electron chi connectivity index (χ1n) is 13.8. The second-order valence-electron chi connectivity index (χ2n) is 9.73. The molecule has 0 amide bonds. The average molecular weight is 619 g/mol. The van der Waals surface area contributed by atoms with Gasteiger partial charge in [0.15, 0.2) is 5.58 Å². The van der Waals surface area contributed by atoms with Crippen molar-refractivity contribution in [3.8, 4) is 5.75 Å². The van der Waals surface area contributed by atoms with Crippen LogP contribution in [-0.2, 0) is 39.3 Å². The minimum atomic E-state index is -3.33. The Morgan fingerprint density at radius 3 is 1.98 bits per heavy atom. The van der Waals surface area contributed by atoms with E-state index in [1.54, 1.807) is 18.4 Å². The van der Waals surface area contributed by atoms with E-state index in [2.05, 4.69) is 30.1 Å². The summed E-state index contributed by atoms with van der Waals surface area (Å²) in [7, 11) is -6.63. The predicted octanol–water partition coefficient (Wildman–Crippen LogP) is 2.91. The molecule has 4 heterocycles. The highest BCUT2D eigenvalue weighted by Crippen LogP contribution is 2.37. The van der Waals surface area contributed by atoms with Gasteiger partial charge in [-0.25, -0.2) is 16.8 Å². The smallest absolute Gasteiger partial charge is 0.229 e. The molecule has 12 nitrogen and oxygen atoms in total. The molecule has 0 radical (unpaired) electrons. The molecule has 228 valence electrons. The van der Waals surface area contributed by atoms with E-state index in [0.29, 0.717) is 35.7 Å². The Labute approximate surface area is 247 Å². The molecule has 0 bridgehead atoms. The molecule has 2 aromatic carbocycles. The second kappa shape index (κ2) is 13.5. The van der Waals surface area contributed by atoms with E-state index < -0.39 is 20.0 Å². The van der Waals surface area contributed by atoms with Crippen LogP contribution in [0.2, 0.25) is 0 Å². The van der Waals surface area contributed by atoms with Crippen molar-refractivity contribution in [2.45, 2.75) is 33.1 Å². The summed E-state index contributed by atoms with van der Waals surface area (Å²) >= 11 is 0. The fourth-order valence-corrected chi connectivity index (χ4v) is 5.97. The van der Waals surface area contributed by atoms with Crippen LogP contribution in [-0.4, -0.2) is 73.8 Å². The normalized spacial score (nSPS) is 15.5. The van der Waals surface area contributed by atoms with Crippen LogP contribution >= 0.6 is 0 Å². The van der Waals surface area contributed by atoms with Gasteiger partial charge in [-0.3, -0.25) is 19.4 Å². The standard InChI is InChI=1S/C13H17N3O3S.C13H15N3O3S.C2H6/c2*1-20(17,18)16-11-3-2-9(8-12-14-5-6-15-12)10-4-7-19-13(10)11;1-2/h2-3,16H,4-8H2,1H3,(H,14,15);2-4,7,16H,5-6,8H2,1H3,(H,14,15);1-2H3. The first-order chi connectivity index (χ1) is 20.1. The monoisotopic (exact) mass is 618 g/mol. The lowest BCUT2D eigenvalue weighted by Gasteiger charge is -2.13. The molecule has 14 heteroatoms. The predicted molar refractivity (Wildman–Crippen MR) is 168 cm³/mol. The number of anilines is 2.